The number of hydrogen-bond acceptors (Lipinski definition) is 4. The van der Waals surface area contributed by atoms with Gasteiger partial charge in [0.2, 0.25) is 0 Å². The standard InChI is InChI=1S/C24H25NO3S/c1-15-7-8-18(16(2)12-15)24(26)25-10-9-17-13-20(27-3)21(28-4)14-19(17)23(25)22-6-5-11-29-22/h5-8,11-14,23H,9-10H2,1-4H3. The van der Waals surface area contributed by atoms with Crippen LogP contribution in [0.4, 0.5) is 0 Å². The van der Waals surface area contributed by atoms with Crippen molar-refractivity contribution in [1.82, 2.24) is 4.90 Å². The first-order chi connectivity index (χ1) is 14.0. The molecule has 1 aromatic heterocycles. The lowest BCUT2D eigenvalue weighted by Gasteiger charge is -2.37. The van der Waals surface area contributed by atoms with Gasteiger partial charge in [0.1, 0.15) is 0 Å². The van der Waals surface area contributed by atoms with E-state index >= 15 is 0 Å². The first-order valence-corrected chi connectivity index (χ1v) is 10.6. The molecule has 1 aliphatic heterocycles. The van der Waals surface area contributed by atoms with Crippen molar-refractivity contribution in [1.29, 1.82) is 0 Å². The van der Waals surface area contributed by atoms with Crippen molar-refractivity contribution in [3.8, 4) is 11.5 Å². The molecule has 0 radical (unpaired) electrons. The van der Waals surface area contributed by atoms with E-state index in [1.54, 1.807) is 25.6 Å². The minimum absolute atomic E-state index is 0.0707. The number of rotatable bonds is 4. The Morgan fingerprint density at radius 1 is 1.07 bits per heavy atom. The molecule has 2 heterocycles. The Balaban J connectivity index is 1.83. The number of ether oxygens (including phenoxy) is 2. The summed E-state index contributed by atoms with van der Waals surface area (Å²) in [5.41, 5.74) is 5.24. The SMILES string of the molecule is COc1cc2c(cc1OC)C(c1cccs1)N(C(=O)c1ccc(C)cc1C)CC2. The molecule has 5 heteroatoms. The van der Waals surface area contributed by atoms with Crippen LogP contribution in [-0.4, -0.2) is 31.6 Å². The minimum Gasteiger partial charge on any atom is -0.493 e. The minimum atomic E-state index is -0.133. The van der Waals surface area contributed by atoms with E-state index in [0.717, 1.165) is 39.3 Å². The molecule has 0 spiro atoms. The quantitative estimate of drug-likeness (QED) is 0.599. The molecule has 2 aromatic carbocycles. The number of hydrogen-bond donors (Lipinski definition) is 0. The van der Waals surface area contributed by atoms with Crippen LogP contribution in [0.15, 0.2) is 47.8 Å². The van der Waals surface area contributed by atoms with Gasteiger partial charge in [-0.2, -0.15) is 0 Å². The Labute approximate surface area is 175 Å². The number of aryl methyl sites for hydroxylation is 2. The van der Waals surface area contributed by atoms with E-state index in [4.69, 9.17) is 9.47 Å². The lowest BCUT2D eigenvalue weighted by molar-refractivity contribution is 0.0696. The van der Waals surface area contributed by atoms with Crippen LogP contribution in [0.5, 0.6) is 11.5 Å². The monoisotopic (exact) mass is 407 g/mol. The fraction of sp³-hybridized carbons (Fsp3) is 0.292. The van der Waals surface area contributed by atoms with E-state index in [9.17, 15) is 4.79 Å². The third-order valence-electron chi connectivity index (χ3n) is 5.56. The summed E-state index contributed by atoms with van der Waals surface area (Å²) in [4.78, 5) is 16.7. The molecule has 0 N–H and O–H groups in total. The van der Waals surface area contributed by atoms with Crippen LogP contribution in [0.1, 0.15) is 43.5 Å². The molecule has 0 bridgehead atoms. The Morgan fingerprint density at radius 3 is 2.48 bits per heavy atom. The lowest BCUT2D eigenvalue weighted by atomic mass is 9.90. The Morgan fingerprint density at radius 2 is 1.83 bits per heavy atom. The zero-order valence-electron chi connectivity index (χ0n) is 17.2. The van der Waals surface area contributed by atoms with Crippen LogP contribution in [0.25, 0.3) is 0 Å². The number of benzene rings is 2. The highest BCUT2D eigenvalue weighted by molar-refractivity contribution is 7.10. The summed E-state index contributed by atoms with van der Waals surface area (Å²) < 4.78 is 11.1. The zero-order chi connectivity index (χ0) is 20.5. The summed E-state index contributed by atoms with van der Waals surface area (Å²) in [7, 11) is 3.30. The van der Waals surface area contributed by atoms with Gasteiger partial charge in [0.25, 0.3) is 5.91 Å². The normalized spacial score (nSPS) is 15.7. The fourth-order valence-corrected chi connectivity index (χ4v) is 4.98. The molecule has 3 aromatic rings. The van der Waals surface area contributed by atoms with E-state index in [2.05, 4.69) is 17.5 Å². The molecule has 1 amide bonds. The van der Waals surface area contributed by atoms with Crippen LogP contribution in [0.3, 0.4) is 0 Å². The molecular formula is C24H25NO3S. The van der Waals surface area contributed by atoms with Gasteiger partial charge in [0.15, 0.2) is 11.5 Å². The number of methoxy groups -OCH3 is 2. The largest absolute Gasteiger partial charge is 0.493 e. The second-order valence-electron chi connectivity index (χ2n) is 7.39. The third-order valence-corrected chi connectivity index (χ3v) is 6.48. The molecule has 0 fully saturated rings. The van der Waals surface area contributed by atoms with Crippen molar-refractivity contribution >= 4 is 17.2 Å². The number of nitrogens with zero attached hydrogens (tertiary/aromatic N) is 1. The average molecular weight is 408 g/mol. The number of fused-ring (bicyclic) bond motifs is 1. The number of carbonyl (C=O) groups is 1. The Kier molecular flexibility index (Phi) is 5.33. The highest BCUT2D eigenvalue weighted by atomic mass is 32.1. The van der Waals surface area contributed by atoms with Gasteiger partial charge in [-0.05, 0) is 66.6 Å². The summed E-state index contributed by atoms with van der Waals surface area (Å²) in [5.74, 6) is 1.49. The van der Waals surface area contributed by atoms with E-state index in [-0.39, 0.29) is 11.9 Å². The summed E-state index contributed by atoms with van der Waals surface area (Å²) >= 11 is 1.67. The summed E-state index contributed by atoms with van der Waals surface area (Å²) in [6.45, 7) is 4.72. The topological polar surface area (TPSA) is 38.8 Å². The zero-order valence-corrected chi connectivity index (χ0v) is 18.0. The average Bonchev–Trinajstić information content (AvgIpc) is 3.25. The molecule has 0 saturated carbocycles. The maximum absolute atomic E-state index is 13.6. The van der Waals surface area contributed by atoms with Crippen molar-refractivity contribution in [3.63, 3.8) is 0 Å². The molecule has 0 saturated heterocycles. The molecular weight excluding hydrogens is 382 g/mol. The number of amides is 1. The van der Waals surface area contributed by atoms with Gasteiger partial charge in [-0.3, -0.25) is 4.79 Å². The molecule has 1 aliphatic rings. The number of thiophene rings is 1. The third kappa shape index (κ3) is 3.51. The molecule has 4 rings (SSSR count). The van der Waals surface area contributed by atoms with Gasteiger partial charge in [0.05, 0.1) is 20.3 Å². The van der Waals surface area contributed by atoms with Crippen molar-refractivity contribution in [2.24, 2.45) is 0 Å². The summed E-state index contributed by atoms with van der Waals surface area (Å²) in [6.07, 6.45) is 0.786. The van der Waals surface area contributed by atoms with Gasteiger partial charge in [0, 0.05) is 17.0 Å². The molecule has 1 atom stereocenters. The smallest absolute Gasteiger partial charge is 0.254 e. The van der Waals surface area contributed by atoms with Crippen LogP contribution in [-0.2, 0) is 6.42 Å². The van der Waals surface area contributed by atoms with Crippen molar-refractivity contribution < 1.29 is 14.3 Å². The first-order valence-electron chi connectivity index (χ1n) is 9.70. The van der Waals surface area contributed by atoms with Crippen molar-refractivity contribution in [2.75, 3.05) is 20.8 Å². The van der Waals surface area contributed by atoms with Gasteiger partial charge >= 0.3 is 0 Å². The van der Waals surface area contributed by atoms with E-state index in [1.165, 1.54) is 5.56 Å². The Hall–Kier alpha value is -2.79. The maximum atomic E-state index is 13.6. The highest BCUT2D eigenvalue weighted by Gasteiger charge is 2.34. The summed E-state index contributed by atoms with van der Waals surface area (Å²) in [6, 6.07) is 14.1. The second kappa shape index (κ2) is 7.91. The van der Waals surface area contributed by atoms with Crippen LogP contribution in [0, 0.1) is 13.8 Å². The molecule has 1 unspecified atom stereocenters. The van der Waals surface area contributed by atoms with E-state index in [0.29, 0.717) is 12.3 Å². The van der Waals surface area contributed by atoms with Gasteiger partial charge < -0.3 is 14.4 Å². The fourth-order valence-electron chi connectivity index (χ4n) is 4.13. The summed E-state index contributed by atoms with van der Waals surface area (Å²) in [5, 5.41) is 2.06. The van der Waals surface area contributed by atoms with Crippen molar-refractivity contribution in [3.05, 3.63) is 80.5 Å². The van der Waals surface area contributed by atoms with Crippen molar-refractivity contribution in [2.45, 2.75) is 26.3 Å². The first kappa shape index (κ1) is 19.5. The lowest BCUT2D eigenvalue weighted by Crippen LogP contribution is -2.40. The number of carbonyl (C=O) groups excluding carboxylic acids is 1. The maximum Gasteiger partial charge on any atom is 0.254 e. The predicted octanol–water partition coefficient (Wildman–Crippen LogP) is 5.17. The molecule has 4 nitrogen and oxygen atoms in total. The van der Waals surface area contributed by atoms with Gasteiger partial charge in [-0.25, -0.2) is 0 Å². The van der Waals surface area contributed by atoms with Crippen LogP contribution >= 0.6 is 11.3 Å². The van der Waals surface area contributed by atoms with Crippen LogP contribution in [0.2, 0.25) is 0 Å². The van der Waals surface area contributed by atoms with Crippen LogP contribution < -0.4 is 9.47 Å². The van der Waals surface area contributed by atoms with E-state index in [1.807, 2.05) is 49.1 Å². The second-order valence-corrected chi connectivity index (χ2v) is 8.37. The molecule has 150 valence electrons. The van der Waals surface area contributed by atoms with Gasteiger partial charge in [-0.15, -0.1) is 11.3 Å². The Bertz CT molecular complexity index is 1040. The highest BCUT2D eigenvalue weighted by Crippen LogP contribution is 2.42. The predicted molar refractivity (Wildman–Crippen MR) is 116 cm³/mol. The van der Waals surface area contributed by atoms with E-state index < -0.39 is 0 Å². The molecule has 29 heavy (non-hydrogen) atoms. The molecule has 0 aliphatic carbocycles. The van der Waals surface area contributed by atoms with Gasteiger partial charge in [-0.1, -0.05) is 23.8 Å².